The van der Waals surface area contributed by atoms with Gasteiger partial charge < -0.3 is 9.47 Å². The summed E-state index contributed by atoms with van der Waals surface area (Å²) in [5.74, 6) is -0.343. The molecule has 5 nitrogen and oxygen atoms in total. The van der Waals surface area contributed by atoms with E-state index in [9.17, 15) is 14.4 Å². The van der Waals surface area contributed by atoms with Crippen molar-refractivity contribution in [3.63, 3.8) is 0 Å². The minimum absolute atomic E-state index is 0.0103. The van der Waals surface area contributed by atoms with E-state index in [-0.39, 0.29) is 18.0 Å². The molecule has 0 saturated heterocycles. The van der Waals surface area contributed by atoms with Crippen LogP contribution in [-0.2, 0) is 11.3 Å². The van der Waals surface area contributed by atoms with Gasteiger partial charge in [0.15, 0.2) is 11.6 Å². The van der Waals surface area contributed by atoms with Crippen LogP contribution in [0.15, 0.2) is 36.4 Å². The highest BCUT2D eigenvalue weighted by Gasteiger charge is 2.17. The van der Waals surface area contributed by atoms with Gasteiger partial charge in [-0.15, -0.1) is 0 Å². The van der Waals surface area contributed by atoms with Crippen molar-refractivity contribution in [1.29, 1.82) is 0 Å². The average Bonchev–Trinajstić information content (AvgIpc) is 2.55. The molecule has 0 aliphatic heterocycles. The number of carbonyl (C=O) groups is 1. The van der Waals surface area contributed by atoms with E-state index in [0.29, 0.717) is 10.6 Å². The van der Waals surface area contributed by atoms with Crippen LogP contribution in [0, 0.1) is 19.7 Å². The highest BCUT2D eigenvalue weighted by Crippen LogP contribution is 2.25. The van der Waals surface area contributed by atoms with Crippen molar-refractivity contribution in [1.82, 2.24) is 0 Å². The van der Waals surface area contributed by atoms with Crippen LogP contribution in [0.5, 0.6) is 5.75 Å². The van der Waals surface area contributed by atoms with Gasteiger partial charge in [0.2, 0.25) is 0 Å². The summed E-state index contributed by atoms with van der Waals surface area (Å²) in [5.41, 5.74) is 2.47. The maximum atomic E-state index is 13.9. The minimum Gasteiger partial charge on any atom is -0.486 e. The quantitative estimate of drug-likeness (QED) is 0.684. The van der Waals surface area contributed by atoms with E-state index in [1.54, 1.807) is 24.3 Å². The van der Waals surface area contributed by atoms with Crippen molar-refractivity contribution in [2.75, 3.05) is 12.2 Å². The predicted molar refractivity (Wildman–Crippen MR) is 83.3 cm³/mol. The maximum absolute atomic E-state index is 13.9. The van der Waals surface area contributed by atoms with Crippen molar-refractivity contribution in [3.8, 4) is 5.75 Å². The first-order valence-electron chi connectivity index (χ1n) is 6.98. The van der Waals surface area contributed by atoms with Crippen LogP contribution in [0.4, 0.5) is 14.9 Å². The molecular weight excluding hydrogens is 301 g/mol. The molecule has 0 heterocycles. The lowest BCUT2D eigenvalue weighted by molar-refractivity contribution is 0.140. The zero-order valence-corrected chi connectivity index (χ0v) is 13.2. The summed E-state index contributed by atoms with van der Waals surface area (Å²) in [6.07, 6.45) is -0.921. The second-order valence-electron chi connectivity index (χ2n) is 5.07. The molecule has 0 aliphatic rings. The molecule has 0 aliphatic carbocycles. The standard InChI is InChI=1S/C17H18FNO4/c1-11-8-14(18)16(9-12(11)2)23-10-13-6-4-5-7-15(13)19(21)17(20)22-3/h4-9,21H,10H2,1-3H3. The average molecular weight is 319 g/mol. The van der Waals surface area contributed by atoms with E-state index in [1.165, 1.54) is 12.1 Å². The summed E-state index contributed by atoms with van der Waals surface area (Å²) < 4.78 is 23.9. The molecule has 23 heavy (non-hydrogen) atoms. The number of hydrogen-bond donors (Lipinski definition) is 1. The number of amides is 1. The number of benzene rings is 2. The molecule has 2 rings (SSSR count). The monoisotopic (exact) mass is 319 g/mol. The van der Waals surface area contributed by atoms with Crippen LogP contribution < -0.4 is 9.80 Å². The molecule has 0 atom stereocenters. The van der Waals surface area contributed by atoms with Crippen LogP contribution in [0.2, 0.25) is 0 Å². The Balaban J connectivity index is 2.22. The zero-order chi connectivity index (χ0) is 17.0. The normalized spacial score (nSPS) is 10.3. The van der Waals surface area contributed by atoms with E-state index in [0.717, 1.165) is 18.2 Å². The molecule has 0 fully saturated rings. The highest BCUT2D eigenvalue weighted by atomic mass is 19.1. The predicted octanol–water partition coefficient (Wildman–Crippen LogP) is 3.98. The van der Waals surface area contributed by atoms with Crippen LogP contribution in [0.3, 0.4) is 0 Å². The van der Waals surface area contributed by atoms with E-state index in [2.05, 4.69) is 4.74 Å². The topological polar surface area (TPSA) is 59.0 Å². The van der Waals surface area contributed by atoms with Crippen molar-refractivity contribution in [2.24, 2.45) is 0 Å². The summed E-state index contributed by atoms with van der Waals surface area (Å²) in [6.45, 7) is 3.67. The second-order valence-corrected chi connectivity index (χ2v) is 5.07. The van der Waals surface area contributed by atoms with E-state index in [1.807, 2.05) is 13.8 Å². The lowest BCUT2D eigenvalue weighted by atomic mass is 10.1. The molecule has 6 heteroatoms. The van der Waals surface area contributed by atoms with Crippen molar-refractivity contribution >= 4 is 11.8 Å². The first-order valence-corrected chi connectivity index (χ1v) is 6.98. The fourth-order valence-corrected chi connectivity index (χ4v) is 2.04. The molecule has 0 aromatic heterocycles. The summed E-state index contributed by atoms with van der Waals surface area (Å²) in [4.78, 5) is 11.4. The number of anilines is 1. The van der Waals surface area contributed by atoms with E-state index >= 15 is 0 Å². The van der Waals surface area contributed by atoms with Gasteiger partial charge >= 0.3 is 6.09 Å². The van der Waals surface area contributed by atoms with E-state index < -0.39 is 11.9 Å². The number of carbonyl (C=O) groups excluding carboxylic acids is 1. The molecule has 0 bridgehead atoms. The SMILES string of the molecule is COC(=O)N(O)c1ccccc1COc1cc(C)c(C)cc1F. The Morgan fingerprint density at radius 2 is 1.87 bits per heavy atom. The molecule has 2 aromatic rings. The molecule has 0 spiro atoms. The third-order valence-corrected chi connectivity index (χ3v) is 3.50. The Bertz CT molecular complexity index is 718. The van der Waals surface area contributed by atoms with E-state index in [4.69, 9.17) is 4.74 Å². The lowest BCUT2D eigenvalue weighted by Gasteiger charge is -2.17. The van der Waals surface area contributed by atoms with Crippen molar-refractivity contribution in [3.05, 3.63) is 58.9 Å². The maximum Gasteiger partial charge on any atom is 0.438 e. The fraction of sp³-hybridized carbons (Fsp3) is 0.235. The van der Waals surface area contributed by atoms with Crippen LogP contribution in [-0.4, -0.2) is 18.4 Å². The van der Waals surface area contributed by atoms with Gasteiger partial charge in [-0.2, -0.15) is 5.06 Å². The first-order chi connectivity index (χ1) is 10.9. The second kappa shape index (κ2) is 7.11. The first kappa shape index (κ1) is 16.8. The third-order valence-electron chi connectivity index (χ3n) is 3.50. The Kier molecular flexibility index (Phi) is 5.18. The van der Waals surface area contributed by atoms with Crippen LogP contribution in [0.1, 0.15) is 16.7 Å². The number of rotatable bonds is 4. The molecule has 0 unspecified atom stereocenters. The number of methoxy groups -OCH3 is 1. The Morgan fingerprint density at radius 1 is 1.22 bits per heavy atom. The number of nitrogens with zero attached hydrogens (tertiary/aromatic N) is 1. The van der Waals surface area contributed by atoms with Gasteiger partial charge in [-0.25, -0.2) is 9.18 Å². The molecule has 122 valence electrons. The Labute approximate surface area is 133 Å². The molecular formula is C17H18FNO4. The number of hydrogen-bond acceptors (Lipinski definition) is 4. The summed E-state index contributed by atoms with van der Waals surface area (Å²) >= 11 is 0. The minimum atomic E-state index is -0.921. The molecule has 0 saturated carbocycles. The molecule has 0 radical (unpaired) electrons. The number of aryl methyl sites for hydroxylation is 2. The highest BCUT2D eigenvalue weighted by molar-refractivity contribution is 5.85. The summed E-state index contributed by atoms with van der Waals surface area (Å²) in [5, 5.41) is 10.2. The van der Waals surface area contributed by atoms with Gasteiger partial charge in [0, 0.05) is 5.56 Å². The smallest absolute Gasteiger partial charge is 0.438 e. The van der Waals surface area contributed by atoms with Crippen molar-refractivity contribution < 1.29 is 23.9 Å². The summed E-state index contributed by atoms with van der Waals surface area (Å²) in [7, 11) is 1.16. The largest absolute Gasteiger partial charge is 0.486 e. The van der Waals surface area contributed by atoms with Gasteiger partial charge in [0.1, 0.15) is 6.61 Å². The van der Waals surface area contributed by atoms with Gasteiger partial charge in [-0.1, -0.05) is 18.2 Å². The lowest BCUT2D eigenvalue weighted by Crippen LogP contribution is -2.27. The molecule has 2 aromatic carbocycles. The number of hydroxylamine groups is 1. The number of para-hydroxylation sites is 1. The fourth-order valence-electron chi connectivity index (χ4n) is 2.04. The number of halogens is 1. The Morgan fingerprint density at radius 3 is 2.57 bits per heavy atom. The van der Waals surface area contributed by atoms with Crippen LogP contribution >= 0.6 is 0 Å². The van der Waals surface area contributed by atoms with Gasteiger partial charge in [-0.05, 0) is 43.2 Å². The molecule has 1 N–H and O–H groups in total. The third kappa shape index (κ3) is 3.78. The summed E-state index contributed by atoms with van der Waals surface area (Å²) in [6, 6.07) is 9.60. The Hall–Kier alpha value is -2.60. The van der Waals surface area contributed by atoms with Crippen molar-refractivity contribution in [2.45, 2.75) is 20.5 Å². The van der Waals surface area contributed by atoms with Gasteiger partial charge in [0.05, 0.1) is 12.8 Å². The molecule has 1 amide bonds. The van der Waals surface area contributed by atoms with Gasteiger partial charge in [0.25, 0.3) is 0 Å². The van der Waals surface area contributed by atoms with Crippen LogP contribution in [0.25, 0.3) is 0 Å². The van der Waals surface area contributed by atoms with Gasteiger partial charge in [-0.3, -0.25) is 5.21 Å². The number of ether oxygens (including phenoxy) is 2. The zero-order valence-electron chi connectivity index (χ0n) is 13.2.